The topological polar surface area (TPSA) is 64.3 Å². The van der Waals surface area contributed by atoms with Crippen molar-refractivity contribution in [2.45, 2.75) is 32.2 Å². The summed E-state index contributed by atoms with van der Waals surface area (Å²) >= 11 is 0. The Balaban J connectivity index is 1.32. The molecule has 0 bridgehead atoms. The Bertz CT molecular complexity index is 840. The van der Waals surface area contributed by atoms with Crippen LogP contribution in [0.4, 0.5) is 0 Å². The normalized spacial score (nSPS) is 15.7. The van der Waals surface area contributed by atoms with Crippen LogP contribution in [-0.4, -0.2) is 39.7 Å². The number of aromatic nitrogens is 3. The Labute approximate surface area is 159 Å². The van der Waals surface area contributed by atoms with Gasteiger partial charge in [-0.3, -0.25) is 9.88 Å². The molecule has 0 atom stereocenters. The van der Waals surface area contributed by atoms with Gasteiger partial charge in [0.25, 0.3) is 5.89 Å². The number of rotatable bonds is 6. The van der Waals surface area contributed by atoms with Gasteiger partial charge >= 0.3 is 0 Å². The number of pyridine rings is 1. The zero-order valence-corrected chi connectivity index (χ0v) is 15.5. The summed E-state index contributed by atoms with van der Waals surface area (Å²) in [7, 11) is 0. The molecule has 0 saturated carbocycles. The quantitative estimate of drug-likeness (QED) is 0.661. The molecule has 1 aliphatic rings. The van der Waals surface area contributed by atoms with Gasteiger partial charge in [-0.2, -0.15) is 4.98 Å². The lowest BCUT2D eigenvalue weighted by molar-refractivity contribution is 0.200. The Morgan fingerprint density at radius 1 is 1.07 bits per heavy atom. The van der Waals surface area contributed by atoms with Gasteiger partial charge in [-0.15, -0.1) is 0 Å². The number of ether oxygens (including phenoxy) is 1. The molecule has 27 heavy (non-hydrogen) atoms. The van der Waals surface area contributed by atoms with Gasteiger partial charge in [0.1, 0.15) is 5.75 Å². The molecule has 0 spiro atoms. The van der Waals surface area contributed by atoms with Crippen molar-refractivity contribution >= 4 is 0 Å². The third-order valence-corrected chi connectivity index (χ3v) is 4.96. The molecule has 0 radical (unpaired) electrons. The Kier molecular flexibility index (Phi) is 5.44. The molecule has 1 saturated heterocycles. The number of benzene rings is 1. The van der Waals surface area contributed by atoms with Gasteiger partial charge in [-0.1, -0.05) is 17.3 Å². The second-order valence-corrected chi connectivity index (χ2v) is 6.82. The van der Waals surface area contributed by atoms with Crippen molar-refractivity contribution in [2.24, 2.45) is 0 Å². The van der Waals surface area contributed by atoms with Gasteiger partial charge in [0.2, 0.25) is 0 Å². The fourth-order valence-electron chi connectivity index (χ4n) is 3.48. The first-order chi connectivity index (χ1) is 13.3. The summed E-state index contributed by atoms with van der Waals surface area (Å²) in [4.78, 5) is 11.1. The smallest absolute Gasteiger partial charge is 0.258 e. The third-order valence-electron chi connectivity index (χ3n) is 4.96. The van der Waals surface area contributed by atoms with Crippen molar-refractivity contribution in [3.63, 3.8) is 0 Å². The van der Waals surface area contributed by atoms with E-state index >= 15 is 0 Å². The average molecular weight is 364 g/mol. The van der Waals surface area contributed by atoms with E-state index in [2.05, 4.69) is 32.2 Å². The largest absolute Gasteiger partial charge is 0.494 e. The molecule has 1 fully saturated rings. The molecule has 6 nitrogen and oxygen atoms in total. The number of likely N-dealkylation sites (tertiary alicyclic amines) is 1. The van der Waals surface area contributed by atoms with Crippen molar-refractivity contribution in [1.82, 2.24) is 20.0 Å². The van der Waals surface area contributed by atoms with Crippen molar-refractivity contribution in [2.75, 3.05) is 19.7 Å². The number of piperidine rings is 1. The SMILES string of the molecule is CCOc1ccc(CN2CCC(c3noc(-c4ccncc4)n3)CC2)cc1. The van der Waals surface area contributed by atoms with Gasteiger partial charge in [-0.25, -0.2) is 0 Å². The monoisotopic (exact) mass is 364 g/mol. The van der Waals surface area contributed by atoms with Crippen LogP contribution in [0.3, 0.4) is 0 Å². The highest BCUT2D eigenvalue weighted by molar-refractivity contribution is 5.51. The van der Waals surface area contributed by atoms with Crippen LogP contribution in [0.1, 0.15) is 37.1 Å². The lowest BCUT2D eigenvalue weighted by atomic mass is 9.96. The van der Waals surface area contributed by atoms with Crippen molar-refractivity contribution < 1.29 is 9.26 Å². The van der Waals surface area contributed by atoms with Crippen molar-refractivity contribution in [3.8, 4) is 17.2 Å². The number of hydrogen-bond donors (Lipinski definition) is 0. The van der Waals surface area contributed by atoms with Crippen LogP contribution in [0.25, 0.3) is 11.5 Å². The summed E-state index contributed by atoms with van der Waals surface area (Å²) in [6.45, 7) is 5.75. The van der Waals surface area contributed by atoms with E-state index in [0.717, 1.165) is 49.6 Å². The predicted octanol–water partition coefficient (Wildman–Crippen LogP) is 3.91. The maximum absolute atomic E-state index is 5.51. The Morgan fingerprint density at radius 3 is 2.52 bits per heavy atom. The fraction of sp³-hybridized carbons (Fsp3) is 0.381. The maximum atomic E-state index is 5.51. The standard InChI is InChI=1S/C21H24N4O2/c1-2-26-19-5-3-16(4-6-19)15-25-13-9-17(10-14-25)20-23-21(27-24-20)18-7-11-22-12-8-18/h3-8,11-12,17H,2,9-10,13-15H2,1H3. The minimum Gasteiger partial charge on any atom is -0.494 e. The molecule has 0 unspecified atom stereocenters. The Hall–Kier alpha value is -2.73. The highest BCUT2D eigenvalue weighted by Crippen LogP contribution is 2.28. The zero-order chi connectivity index (χ0) is 18.5. The van der Waals surface area contributed by atoms with Crippen LogP contribution >= 0.6 is 0 Å². The molecule has 1 aromatic carbocycles. The van der Waals surface area contributed by atoms with Crippen LogP contribution in [0.5, 0.6) is 5.75 Å². The molecule has 140 valence electrons. The van der Waals surface area contributed by atoms with Crippen LogP contribution in [-0.2, 0) is 6.54 Å². The summed E-state index contributed by atoms with van der Waals surface area (Å²) in [5.41, 5.74) is 2.23. The first-order valence-electron chi connectivity index (χ1n) is 9.50. The zero-order valence-electron chi connectivity index (χ0n) is 15.5. The van der Waals surface area contributed by atoms with E-state index in [-0.39, 0.29) is 0 Å². The van der Waals surface area contributed by atoms with E-state index in [1.54, 1.807) is 12.4 Å². The summed E-state index contributed by atoms with van der Waals surface area (Å²) in [5, 5.41) is 4.21. The van der Waals surface area contributed by atoms with Crippen LogP contribution in [0.15, 0.2) is 53.3 Å². The molecule has 3 heterocycles. The fourth-order valence-corrected chi connectivity index (χ4v) is 3.48. The van der Waals surface area contributed by atoms with Crippen LogP contribution < -0.4 is 4.74 Å². The minimum absolute atomic E-state index is 0.362. The predicted molar refractivity (Wildman–Crippen MR) is 102 cm³/mol. The van der Waals surface area contributed by atoms with E-state index in [9.17, 15) is 0 Å². The van der Waals surface area contributed by atoms with E-state index < -0.39 is 0 Å². The first kappa shape index (κ1) is 17.7. The number of nitrogens with zero attached hydrogens (tertiary/aromatic N) is 4. The van der Waals surface area contributed by atoms with Crippen LogP contribution in [0.2, 0.25) is 0 Å². The third kappa shape index (κ3) is 4.34. The molecule has 1 aliphatic heterocycles. The molecule has 6 heteroatoms. The van der Waals surface area contributed by atoms with Gasteiger partial charge in [0.15, 0.2) is 5.82 Å². The summed E-state index contributed by atoms with van der Waals surface area (Å²) in [6.07, 6.45) is 5.57. The molecule has 0 aliphatic carbocycles. The second-order valence-electron chi connectivity index (χ2n) is 6.82. The van der Waals surface area contributed by atoms with E-state index in [0.29, 0.717) is 18.4 Å². The molecule has 0 N–H and O–H groups in total. The first-order valence-corrected chi connectivity index (χ1v) is 9.50. The lowest BCUT2D eigenvalue weighted by Gasteiger charge is -2.30. The van der Waals surface area contributed by atoms with E-state index in [4.69, 9.17) is 9.26 Å². The molecule has 0 amide bonds. The lowest BCUT2D eigenvalue weighted by Crippen LogP contribution is -2.32. The molecule has 3 aromatic rings. The van der Waals surface area contributed by atoms with Gasteiger partial charge in [0, 0.05) is 30.4 Å². The summed E-state index contributed by atoms with van der Waals surface area (Å²) < 4.78 is 11.0. The minimum atomic E-state index is 0.362. The van der Waals surface area contributed by atoms with Gasteiger partial charge in [-0.05, 0) is 62.7 Å². The summed E-state index contributed by atoms with van der Waals surface area (Å²) in [6, 6.07) is 12.2. The molecular formula is C21H24N4O2. The molecule has 2 aromatic heterocycles. The van der Waals surface area contributed by atoms with Crippen LogP contribution in [0, 0.1) is 0 Å². The average Bonchev–Trinajstić information content (AvgIpc) is 3.21. The second kappa shape index (κ2) is 8.31. The van der Waals surface area contributed by atoms with E-state index in [1.165, 1.54) is 5.56 Å². The molecule has 4 rings (SSSR count). The van der Waals surface area contributed by atoms with Crippen molar-refractivity contribution in [1.29, 1.82) is 0 Å². The molecular weight excluding hydrogens is 340 g/mol. The van der Waals surface area contributed by atoms with E-state index in [1.807, 2.05) is 31.2 Å². The van der Waals surface area contributed by atoms with Crippen molar-refractivity contribution in [3.05, 3.63) is 60.2 Å². The maximum Gasteiger partial charge on any atom is 0.258 e. The van der Waals surface area contributed by atoms with Gasteiger partial charge in [0.05, 0.1) is 6.61 Å². The number of hydrogen-bond acceptors (Lipinski definition) is 6. The van der Waals surface area contributed by atoms with Gasteiger partial charge < -0.3 is 9.26 Å². The highest BCUT2D eigenvalue weighted by Gasteiger charge is 2.25. The Morgan fingerprint density at radius 2 is 1.81 bits per heavy atom. The highest BCUT2D eigenvalue weighted by atomic mass is 16.5. The summed E-state index contributed by atoms with van der Waals surface area (Å²) in [5.74, 6) is 2.69.